The van der Waals surface area contributed by atoms with E-state index in [1.165, 1.54) is 5.56 Å². The predicted octanol–water partition coefficient (Wildman–Crippen LogP) is 5.86. The van der Waals surface area contributed by atoms with Gasteiger partial charge in [-0.25, -0.2) is 0 Å². The first-order valence-electron chi connectivity index (χ1n) is 13.5. The molecule has 6 nitrogen and oxygen atoms in total. The molecule has 1 saturated carbocycles. The molecule has 4 aromatic rings. The molecule has 1 fully saturated rings. The van der Waals surface area contributed by atoms with Gasteiger partial charge >= 0.3 is 0 Å². The second-order valence-corrected chi connectivity index (χ2v) is 10.7. The smallest absolute Gasteiger partial charge is 0.254 e. The highest BCUT2D eigenvalue weighted by molar-refractivity contribution is 5.94. The van der Waals surface area contributed by atoms with Crippen LogP contribution in [0.5, 0.6) is 0 Å². The molecule has 4 atom stereocenters. The Labute approximate surface area is 224 Å². The Morgan fingerprint density at radius 3 is 2.53 bits per heavy atom. The molecular weight excluding hydrogens is 472 g/mol. The second kappa shape index (κ2) is 11.7. The van der Waals surface area contributed by atoms with Crippen LogP contribution in [-0.2, 0) is 12.8 Å². The summed E-state index contributed by atoms with van der Waals surface area (Å²) in [4.78, 5) is 19.5. The second-order valence-electron chi connectivity index (χ2n) is 10.7. The maximum Gasteiger partial charge on any atom is 0.254 e. The first-order chi connectivity index (χ1) is 18.5. The largest absolute Gasteiger partial charge is 0.388 e. The molecule has 0 spiro atoms. The van der Waals surface area contributed by atoms with E-state index in [1.807, 2.05) is 62.5 Å². The zero-order chi connectivity index (χ0) is 26.5. The van der Waals surface area contributed by atoms with Gasteiger partial charge in [0.15, 0.2) is 0 Å². The first kappa shape index (κ1) is 25.9. The van der Waals surface area contributed by atoms with Gasteiger partial charge in [0.1, 0.15) is 0 Å². The van der Waals surface area contributed by atoms with E-state index in [2.05, 4.69) is 39.4 Å². The fourth-order valence-electron chi connectivity index (χ4n) is 5.76. The van der Waals surface area contributed by atoms with Crippen LogP contribution in [0.15, 0.2) is 85.2 Å². The maximum atomic E-state index is 13.5. The summed E-state index contributed by atoms with van der Waals surface area (Å²) in [6, 6.07) is 23.9. The minimum atomic E-state index is -0.452. The Hall–Kier alpha value is -3.77. The summed E-state index contributed by atoms with van der Waals surface area (Å²) >= 11 is 0. The van der Waals surface area contributed by atoms with Crippen molar-refractivity contribution in [1.29, 1.82) is 0 Å². The van der Waals surface area contributed by atoms with Crippen LogP contribution in [0, 0.1) is 18.8 Å². The van der Waals surface area contributed by atoms with Crippen molar-refractivity contribution in [2.75, 3.05) is 7.05 Å². The van der Waals surface area contributed by atoms with Crippen molar-refractivity contribution in [2.24, 2.45) is 11.8 Å². The number of amides is 1. The van der Waals surface area contributed by atoms with E-state index in [9.17, 15) is 9.90 Å². The van der Waals surface area contributed by atoms with Gasteiger partial charge in [0.05, 0.1) is 17.8 Å². The van der Waals surface area contributed by atoms with Gasteiger partial charge in [-0.3, -0.25) is 14.9 Å². The highest BCUT2D eigenvalue weighted by atomic mass is 16.3. The normalized spacial score (nSPS) is 18.7. The molecule has 38 heavy (non-hydrogen) atoms. The standard InChI is InChI=1S/C32H36N4O2/c1-22-17-29(35-34-22)30(20-23-7-4-3-5-8-23)36(2)32(38)26-13-10-24(11-14-26)18-25-12-15-27(19-25)31(37)28-9-6-16-33-21-28/h3-11,13-14,16-17,21,25,27,30-31,37H,12,15,18-20H2,1-2H3,(H,34,35)/t25?,27-,30?,31-/m0/s1. The van der Waals surface area contributed by atoms with Gasteiger partial charge in [-0.2, -0.15) is 5.10 Å². The molecular formula is C32H36N4O2. The fourth-order valence-corrected chi connectivity index (χ4v) is 5.76. The first-order valence-corrected chi connectivity index (χ1v) is 13.5. The van der Waals surface area contributed by atoms with Gasteiger partial charge in [-0.15, -0.1) is 0 Å². The highest BCUT2D eigenvalue weighted by Gasteiger charge is 2.31. The van der Waals surface area contributed by atoms with Crippen LogP contribution in [0.2, 0.25) is 0 Å². The van der Waals surface area contributed by atoms with Crippen molar-refractivity contribution in [1.82, 2.24) is 20.1 Å². The van der Waals surface area contributed by atoms with Crippen molar-refractivity contribution >= 4 is 5.91 Å². The van der Waals surface area contributed by atoms with E-state index < -0.39 is 6.10 Å². The van der Waals surface area contributed by atoms with E-state index in [-0.39, 0.29) is 17.9 Å². The Morgan fingerprint density at radius 1 is 1.05 bits per heavy atom. The van der Waals surface area contributed by atoms with E-state index in [1.54, 1.807) is 17.3 Å². The van der Waals surface area contributed by atoms with Gasteiger partial charge < -0.3 is 10.0 Å². The highest BCUT2D eigenvalue weighted by Crippen LogP contribution is 2.40. The number of H-pyrrole nitrogens is 1. The predicted molar refractivity (Wildman–Crippen MR) is 148 cm³/mol. The third-order valence-corrected chi connectivity index (χ3v) is 7.91. The molecule has 2 aromatic heterocycles. The zero-order valence-electron chi connectivity index (χ0n) is 22.1. The zero-order valence-corrected chi connectivity index (χ0v) is 22.1. The number of pyridine rings is 1. The number of carbonyl (C=O) groups excluding carboxylic acids is 1. The lowest BCUT2D eigenvalue weighted by atomic mass is 9.92. The number of aryl methyl sites for hydroxylation is 1. The fraction of sp³-hybridized carbons (Fsp3) is 0.344. The third-order valence-electron chi connectivity index (χ3n) is 7.91. The van der Waals surface area contributed by atoms with Crippen molar-refractivity contribution in [3.63, 3.8) is 0 Å². The Morgan fingerprint density at radius 2 is 1.84 bits per heavy atom. The lowest BCUT2D eigenvalue weighted by molar-refractivity contribution is 0.0726. The maximum absolute atomic E-state index is 13.5. The minimum absolute atomic E-state index is 0.0151. The number of rotatable bonds is 9. The number of nitrogens with one attached hydrogen (secondary N) is 1. The molecule has 6 heteroatoms. The van der Waals surface area contributed by atoms with Crippen LogP contribution >= 0.6 is 0 Å². The summed E-state index contributed by atoms with van der Waals surface area (Å²) in [6.07, 6.45) is 7.84. The summed E-state index contributed by atoms with van der Waals surface area (Å²) in [5.74, 6) is 0.790. The molecule has 2 unspecified atom stereocenters. The van der Waals surface area contributed by atoms with Gasteiger partial charge in [-0.1, -0.05) is 48.5 Å². The monoisotopic (exact) mass is 508 g/mol. The number of benzene rings is 2. The van der Waals surface area contributed by atoms with Crippen LogP contribution in [0.1, 0.15) is 69.8 Å². The van der Waals surface area contributed by atoms with Crippen LogP contribution in [-0.4, -0.2) is 38.1 Å². The summed E-state index contributed by atoms with van der Waals surface area (Å²) in [6.45, 7) is 1.97. The number of nitrogens with zero attached hydrogens (tertiary/aromatic N) is 3. The number of carbonyl (C=O) groups is 1. The molecule has 0 radical (unpaired) electrons. The number of aliphatic hydroxyl groups excluding tert-OH is 1. The molecule has 0 saturated heterocycles. The van der Waals surface area contributed by atoms with Crippen molar-refractivity contribution in [2.45, 2.75) is 51.2 Å². The molecule has 0 aliphatic heterocycles. The van der Waals surface area contributed by atoms with Crippen molar-refractivity contribution < 1.29 is 9.90 Å². The molecule has 196 valence electrons. The topological polar surface area (TPSA) is 82.1 Å². The van der Waals surface area contributed by atoms with Gasteiger partial charge in [0.2, 0.25) is 0 Å². The van der Waals surface area contributed by atoms with E-state index in [0.29, 0.717) is 17.9 Å². The van der Waals surface area contributed by atoms with E-state index >= 15 is 0 Å². The van der Waals surface area contributed by atoms with Crippen LogP contribution < -0.4 is 0 Å². The van der Waals surface area contributed by atoms with E-state index in [0.717, 1.165) is 48.2 Å². The Balaban J connectivity index is 1.23. The lowest BCUT2D eigenvalue weighted by Gasteiger charge is -2.27. The average molecular weight is 509 g/mol. The van der Waals surface area contributed by atoms with Gasteiger partial charge in [0, 0.05) is 30.7 Å². The van der Waals surface area contributed by atoms with Gasteiger partial charge in [0.25, 0.3) is 5.91 Å². The number of aromatic nitrogens is 3. The van der Waals surface area contributed by atoms with Crippen LogP contribution in [0.25, 0.3) is 0 Å². The molecule has 1 aliphatic carbocycles. The molecule has 1 aliphatic rings. The van der Waals surface area contributed by atoms with Crippen molar-refractivity contribution in [3.05, 3.63) is 119 Å². The number of aliphatic hydroxyl groups is 1. The molecule has 2 N–H and O–H groups in total. The molecule has 2 heterocycles. The molecule has 0 bridgehead atoms. The number of hydrogen-bond acceptors (Lipinski definition) is 4. The molecule has 5 rings (SSSR count). The summed E-state index contributed by atoms with van der Waals surface area (Å²) in [5.41, 5.74) is 5.82. The minimum Gasteiger partial charge on any atom is -0.388 e. The summed E-state index contributed by atoms with van der Waals surface area (Å²) in [7, 11) is 1.86. The summed E-state index contributed by atoms with van der Waals surface area (Å²) in [5, 5.41) is 18.3. The van der Waals surface area contributed by atoms with Gasteiger partial charge in [-0.05, 0) is 91.8 Å². The SMILES string of the molecule is Cc1cc(C(Cc2ccccc2)N(C)C(=O)c2ccc(CC3CC[C@H]([C@H](O)c4cccnc4)C3)cc2)n[nH]1. The Bertz CT molecular complexity index is 1320. The number of aromatic amines is 1. The van der Waals surface area contributed by atoms with E-state index in [4.69, 9.17) is 0 Å². The number of likely N-dealkylation sites (N-methyl/N-ethyl adjacent to an activating group) is 1. The van der Waals surface area contributed by atoms with Crippen LogP contribution in [0.3, 0.4) is 0 Å². The Kier molecular flexibility index (Phi) is 7.99. The molecule has 2 aromatic carbocycles. The van der Waals surface area contributed by atoms with Crippen LogP contribution in [0.4, 0.5) is 0 Å². The molecule has 1 amide bonds. The lowest BCUT2D eigenvalue weighted by Crippen LogP contribution is -2.32. The van der Waals surface area contributed by atoms with Crippen molar-refractivity contribution in [3.8, 4) is 0 Å². The average Bonchev–Trinajstić information content (AvgIpc) is 3.61. The number of hydrogen-bond donors (Lipinski definition) is 2. The third kappa shape index (κ3) is 6.03. The quantitative estimate of drug-likeness (QED) is 0.297. The summed E-state index contributed by atoms with van der Waals surface area (Å²) < 4.78 is 0.